The number of aromatic nitrogens is 1. The molecule has 0 bridgehead atoms. The molecule has 0 atom stereocenters. The Morgan fingerprint density at radius 2 is 2.13 bits per heavy atom. The SMILES string of the molecule is CCc1nc(CC(F)(F)F)sc1C(=O)O. The summed E-state index contributed by atoms with van der Waals surface area (Å²) in [6.07, 6.45) is -5.20. The zero-order chi connectivity index (χ0) is 11.6. The number of carbonyl (C=O) groups is 1. The van der Waals surface area contributed by atoms with Crippen molar-refractivity contribution in [3.05, 3.63) is 15.6 Å². The third kappa shape index (κ3) is 3.19. The van der Waals surface area contributed by atoms with Crippen molar-refractivity contribution in [1.82, 2.24) is 4.98 Å². The first-order valence-electron chi connectivity index (χ1n) is 4.12. The van der Waals surface area contributed by atoms with E-state index in [9.17, 15) is 18.0 Å². The predicted octanol–water partition coefficient (Wildman–Crippen LogP) is 2.51. The van der Waals surface area contributed by atoms with Gasteiger partial charge in [-0.15, -0.1) is 11.3 Å². The van der Waals surface area contributed by atoms with Gasteiger partial charge in [-0.05, 0) is 6.42 Å². The molecule has 15 heavy (non-hydrogen) atoms. The maximum atomic E-state index is 12.0. The van der Waals surface area contributed by atoms with E-state index < -0.39 is 18.6 Å². The number of aryl methyl sites for hydroxylation is 1. The quantitative estimate of drug-likeness (QED) is 0.881. The van der Waals surface area contributed by atoms with Gasteiger partial charge in [0.15, 0.2) is 0 Å². The number of rotatable bonds is 3. The van der Waals surface area contributed by atoms with Crippen LogP contribution < -0.4 is 0 Å². The number of hydrogen-bond acceptors (Lipinski definition) is 3. The van der Waals surface area contributed by atoms with Crippen LogP contribution in [0.4, 0.5) is 13.2 Å². The summed E-state index contributed by atoms with van der Waals surface area (Å²) in [5.74, 6) is -1.22. The molecule has 0 radical (unpaired) electrons. The Morgan fingerprint density at radius 1 is 1.53 bits per heavy atom. The van der Waals surface area contributed by atoms with E-state index in [1.165, 1.54) is 0 Å². The van der Waals surface area contributed by atoms with Crippen molar-refractivity contribution in [2.45, 2.75) is 25.9 Å². The lowest BCUT2D eigenvalue weighted by atomic mass is 10.3. The van der Waals surface area contributed by atoms with Crippen LogP contribution in [0.3, 0.4) is 0 Å². The number of carboxylic acid groups (broad SMARTS) is 1. The van der Waals surface area contributed by atoms with Crippen molar-refractivity contribution < 1.29 is 23.1 Å². The third-order valence-electron chi connectivity index (χ3n) is 1.62. The largest absolute Gasteiger partial charge is 0.477 e. The van der Waals surface area contributed by atoms with Gasteiger partial charge < -0.3 is 5.11 Å². The zero-order valence-corrected chi connectivity index (χ0v) is 8.58. The zero-order valence-electron chi connectivity index (χ0n) is 7.76. The molecule has 1 N–H and O–H groups in total. The fourth-order valence-corrected chi connectivity index (χ4v) is 2.08. The van der Waals surface area contributed by atoms with Crippen LogP contribution in [-0.2, 0) is 12.8 Å². The van der Waals surface area contributed by atoms with E-state index in [1.807, 2.05) is 0 Å². The molecule has 84 valence electrons. The van der Waals surface area contributed by atoms with Crippen LogP contribution in [0.25, 0.3) is 0 Å². The molecule has 3 nitrogen and oxygen atoms in total. The maximum Gasteiger partial charge on any atom is 0.395 e. The van der Waals surface area contributed by atoms with Crippen LogP contribution in [0.15, 0.2) is 0 Å². The number of thiazole rings is 1. The molecule has 0 saturated carbocycles. The molecule has 0 aliphatic carbocycles. The van der Waals surface area contributed by atoms with Crippen LogP contribution in [-0.4, -0.2) is 22.2 Å². The van der Waals surface area contributed by atoms with Gasteiger partial charge in [-0.25, -0.2) is 9.78 Å². The highest BCUT2D eigenvalue weighted by Gasteiger charge is 2.30. The van der Waals surface area contributed by atoms with E-state index in [-0.39, 0.29) is 15.6 Å². The molecule has 7 heteroatoms. The fraction of sp³-hybridized carbons (Fsp3) is 0.500. The Bertz CT molecular complexity index is 372. The van der Waals surface area contributed by atoms with E-state index in [0.717, 1.165) is 0 Å². The number of alkyl halides is 3. The lowest BCUT2D eigenvalue weighted by Crippen LogP contribution is -2.11. The van der Waals surface area contributed by atoms with Gasteiger partial charge in [-0.3, -0.25) is 0 Å². The normalized spacial score (nSPS) is 11.7. The van der Waals surface area contributed by atoms with Gasteiger partial charge in [0.25, 0.3) is 0 Å². The Balaban J connectivity index is 2.98. The predicted molar refractivity (Wildman–Crippen MR) is 48.2 cm³/mol. The molecule has 1 aromatic heterocycles. The monoisotopic (exact) mass is 239 g/mol. The first-order chi connectivity index (χ1) is 6.83. The molecule has 0 aliphatic rings. The third-order valence-corrected chi connectivity index (χ3v) is 2.71. The van der Waals surface area contributed by atoms with Crippen LogP contribution >= 0.6 is 11.3 Å². The van der Waals surface area contributed by atoms with Crippen LogP contribution in [0.5, 0.6) is 0 Å². The number of halogens is 3. The molecular weight excluding hydrogens is 231 g/mol. The minimum Gasteiger partial charge on any atom is -0.477 e. The van der Waals surface area contributed by atoms with Crippen molar-refractivity contribution >= 4 is 17.3 Å². The standard InChI is InChI=1S/C8H8F3NO2S/c1-2-4-6(7(13)14)15-5(12-4)3-8(9,10)11/h2-3H2,1H3,(H,13,14). The van der Waals surface area contributed by atoms with Crippen LogP contribution in [0, 0.1) is 0 Å². The Kier molecular flexibility index (Phi) is 3.33. The number of aromatic carboxylic acids is 1. The molecule has 0 spiro atoms. The second-order valence-corrected chi connectivity index (χ2v) is 3.92. The molecule has 1 rings (SSSR count). The first-order valence-corrected chi connectivity index (χ1v) is 4.93. The summed E-state index contributed by atoms with van der Waals surface area (Å²) in [5, 5.41) is 8.50. The lowest BCUT2D eigenvalue weighted by Gasteiger charge is -2.01. The van der Waals surface area contributed by atoms with Gasteiger partial charge in [-0.2, -0.15) is 13.2 Å². The van der Waals surface area contributed by atoms with Crippen LogP contribution in [0.2, 0.25) is 0 Å². The Morgan fingerprint density at radius 3 is 2.47 bits per heavy atom. The number of carboxylic acids is 1. The summed E-state index contributed by atoms with van der Waals surface area (Å²) in [4.78, 5) is 14.2. The first kappa shape index (κ1) is 12.0. The van der Waals surface area contributed by atoms with E-state index >= 15 is 0 Å². The van der Waals surface area contributed by atoms with Gasteiger partial charge in [0.1, 0.15) is 9.88 Å². The van der Waals surface area contributed by atoms with E-state index in [2.05, 4.69) is 4.98 Å². The average Bonchev–Trinajstić information content (AvgIpc) is 2.44. The summed E-state index contributed by atoms with van der Waals surface area (Å²) < 4.78 is 36.0. The molecule has 1 aromatic rings. The van der Waals surface area contributed by atoms with Gasteiger partial charge in [0, 0.05) is 0 Å². The highest BCUT2D eigenvalue weighted by molar-refractivity contribution is 7.13. The second-order valence-electron chi connectivity index (χ2n) is 2.83. The van der Waals surface area contributed by atoms with E-state index in [4.69, 9.17) is 5.11 Å². The summed E-state index contributed by atoms with van der Waals surface area (Å²) in [7, 11) is 0. The molecule has 0 aliphatic heterocycles. The summed E-state index contributed by atoms with van der Waals surface area (Å²) in [6, 6.07) is 0. The molecule has 0 fully saturated rings. The molecule has 0 aromatic carbocycles. The molecule has 0 saturated heterocycles. The van der Waals surface area contributed by atoms with Gasteiger partial charge in [0.05, 0.1) is 12.1 Å². The van der Waals surface area contributed by atoms with E-state index in [1.54, 1.807) is 6.92 Å². The minimum absolute atomic E-state index is 0.100. The highest BCUT2D eigenvalue weighted by Crippen LogP contribution is 2.26. The van der Waals surface area contributed by atoms with Crippen LogP contribution in [0.1, 0.15) is 27.3 Å². The maximum absolute atomic E-state index is 12.0. The molecule has 0 unspecified atom stereocenters. The van der Waals surface area contributed by atoms with Gasteiger partial charge >= 0.3 is 12.1 Å². The second kappa shape index (κ2) is 4.18. The van der Waals surface area contributed by atoms with E-state index in [0.29, 0.717) is 17.8 Å². The van der Waals surface area contributed by atoms with Crippen molar-refractivity contribution in [1.29, 1.82) is 0 Å². The minimum atomic E-state index is -4.35. The van der Waals surface area contributed by atoms with Gasteiger partial charge in [-0.1, -0.05) is 6.92 Å². The van der Waals surface area contributed by atoms with Crippen molar-refractivity contribution in [3.63, 3.8) is 0 Å². The summed E-state index contributed by atoms with van der Waals surface area (Å²) in [6.45, 7) is 1.65. The Labute approximate surface area is 87.6 Å². The molecular formula is C8H8F3NO2S. The lowest BCUT2D eigenvalue weighted by molar-refractivity contribution is -0.127. The van der Waals surface area contributed by atoms with Gasteiger partial charge in [0.2, 0.25) is 0 Å². The summed E-state index contributed by atoms with van der Waals surface area (Å²) >= 11 is 0.588. The number of hydrogen-bond donors (Lipinski definition) is 1. The Hall–Kier alpha value is -1.11. The smallest absolute Gasteiger partial charge is 0.395 e. The highest BCUT2D eigenvalue weighted by atomic mass is 32.1. The molecule has 1 heterocycles. The van der Waals surface area contributed by atoms with Crippen molar-refractivity contribution in [2.24, 2.45) is 0 Å². The summed E-state index contributed by atoms with van der Waals surface area (Å²) in [5.41, 5.74) is 0.215. The fourth-order valence-electron chi connectivity index (χ4n) is 1.05. The topological polar surface area (TPSA) is 50.2 Å². The number of nitrogens with zero attached hydrogens (tertiary/aromatic N) is 1. The molecule has 0 amide bonds. The van der Waals surface area contributed by atoms with Crippen molar-refractivity contribution in [2.75, 3.05) is 0 Å². The average molecular weight is 239 g/mol. The van der Waals surface area contributed by atoms with Crippen molar-refractivity contribution in [3.8, 4) is 0 Å².